The molecule has 0 radical (unpaired) electrons. The van der Waals surface area contributed by atoms with Crippen molar-refractivity contribution in [2.24, 2.45) is 0 Å². The Balaban J connectivity index is 1.96. The van der Waals surface area contributed by atoms with Gasteiger partial charge in [-0.15, -0.1) is 11.3 Å². The molecule has 1 atom stereocenters. The highest BCUT2D eigenvalue weighted by molar-refractivity contribution is 7.11. The molecule has 4 nitrogen and oxygen atoms in total. The number of thiazole rings is 1. The molecule has 1 N–H and O–H groups in total. The van der Waals surface area contributed by atoms with Crippen LogP contribution in [0, 0.1) is 27.7 Å². The summed E-state index contributed by atoms with van der Waals surface area (Å²) < 4.78 is 0. The van der Waals surface area contributed by atoms with Gasteiger partial charge in [-0.2, -0.15) is 0 Å². The first kappa shape index (κ1) is 16.7. The zero-order valence-electron chi connectivity index (χ0n) is 15.0. The van der Waals surface area contributed by atoms with E-state index < -0.39 is 0 Å². The molecule has 1 aromatic carbocycles. The van der Waals surface area contributed by atoms with Gasteiger partial charge in [-0.3, -0.25) is 4.79 Å². The molecule has 0 bridgehead atoms. The lowest BCUT2D eigenvalue weighted by molar-refractivity contribution is 0.0734. The molecule has 0 spiro atoms. The summed E-state index contributed by atoms with van der Waals surface area (Å²) in [6.07, 6.45) is 0. The zero-order chi connectivity index (χ0) is 17.6. The summed E-state index contributed by atoms with van der Waals surface area (Å²) in [5, 5.41) is 2.15. The summed E-state index contributed by atoms with van der Waals surface area (Å²) in [4.78, 5) is 23.9. The van der Waals surface area contributed by atoms with Gasteiger partial charge in [-0.05, 0) is 52.3 Å². The minimum absolute atomic E-state index is 0.00101. The molecule has 5 heteroatoms. The van der Waals surface area contributed by atoms with Crippen molar-refractivity contribution in [2.75, 3.05) is 7.05 Å². The van der Waals surface area contributed by atoms with Gasteiger partial charge in [0.05, 0.1) is 16.7 Å². The van der Waals surface area contributed by atoms with E-state index in [0.717, 1.165) is 27.2 Å². The number of carbonyl (C=O) groups excluding carboxylic acids is 1. The van der Waals surface area contributed by atoms with Crippen LogP contribution in [-0.4, -0.2) is 27.8 Å². The van der Waals surface area contributed by atoms with Gasteiger partial charge in [-0.25, -0.2) is 4.98 Å². The number of fused-ring (bicyclic) bond motifs is 1. The maximum atomic E-state index is 13.0. The Morgan fingerprint density at radius 3 is 2.58 bits per heavy atom. The molecule has 2 aromatic heterocycles. The Morgan fingerprint density at radius 1 is 1.25 bits per heavy atom. The summed E-state index contributed by atoms with van der Waals surface area (Å²) in [5.74, 6) is -0.00101. The first-order valence-corrected chi connectivity index (χ1v) is 8.91. The molecule has 1 amide bonds. The number of hydrogen-bond donors (Lipinski definition) is 1. The van der Waals surface area contributed by atoms with Gasteiger partial charge >= 0.3 is 0 Å². The number of H-pyrrole nitrogens is 1. The first-order valence-electron chi connectivity index (χ1n) is 8.09. The molecule has 2 heterocycles. The van der Waals surface area contributed by atoms with Crippen LogP contribution >= 0.6 is 11.3 Å². The molecule has 0 fully saturated rings. The van der Waals surface area contributed by atoms with Crippen molar-refractivity contribution >= 4 is 28.1 Å². The van der Waals surface area contributed by atoms with Gasteiger partial charge < -0.3 is 9.88 Å². The topological polar surface area (TPSA) is 49.0 Å². The molecule has 0 unspecified atom stereocenters. The second-order valence-corrected chi connectivity index (χ2v) is 7.85. The van der Waals surface area contributed by atoms with Gasteiger partial charge in [0, 0.05) is 22.8 Å². The summed E-state index contributed by atoms with van der Waals surface area (Å²) in [5.41, 5.74) is 4.85. The van der Waals surface area contributed by atoms with E-state index in [-0.39, 0.29) is 11.9 Å². The van der Waals surface area contributed by atoms with Gasteiger partial charge in [0.1, 0.15) is 5.69 Å². The minimum Gasteiger partial charge on any atom is -0.350 e. The lowest BCUT2D eigenvalue weighted by Crippen LogP contribution is -2.30. The van der Waals surface area contributed by atoms with Crippen LogP contribution in [0.25, 0.3) is 10.9 Å². The normalized spacial score (nSPS) is 12.6. The van der Waals surface area contributed by atoms with Crippen LogP contribution < -0.4 is 0 Å². The predicted octanol–water partition coefficient (Wildman–Crippen LogP) is 4.69. The Labute approximate surface area is 146 Å². The predicted molar refractivity (Wildman–Crippen MR) is 99.9 cm³/mol. The Kier molecular flexibility index (Phi) is 4.22. The van der Waals surface area contributed by atoms with Gasteiger partial charge in [0.25, 0.3) is 5.91 Å². The van der Waals surface area contributed by atoms with Crippen molar-refractivity contribution in [3.8, 4) is 0 Å². The average molecular weight is 341 g/mol. The van der Waals surface area contributed by atoms with Crippen LogP contribution in [-0.2, 0) is 0 Å². The van der Waals surface area contributed by atoms with E-state index in [1.54, 1.807) is 16.2 Å². The molecule has 0 saturated carbocycles. The van der Waals surface area contributed by atoms with Crippen molar-refractivity contribution in [3.05, 3.63) is 50.6 Å². The lowest BCUT2D eigenvalue weighted by Gasteiger charge is -2.24. The number of benzene rings is 1. The van der Waals surface area contributed by atoms with Crippen LogP contribution in [0.3, 0.4) is 0 Å². The van der Waals surface area contributed by atoms with E-state index in [9.17, 15) is 4.79 Å². The molecule has 0 aliphatic carbocycles. The molecule has 126 valence electrons. The van der Waals surface area contributed by atoms with Crippen molar-refractivity contribution < 1.29 is 4.79 Å². The third kappa shape index (κ3) is 2.73. The molecule has 0 aliphatic rings. The van der Waals surface area contributed by atoms with E-state index in [4.69, 9.17) is 0 Å². The molecule has 0 aliphatic heterocycles. The highest BCUT2D eigenvalue weighted by Gasteiger charge is 2.25. The number of aryl methyl sites for hydroxylation is 4. The molecular weight excluding hydrogens is 318 g/mol. The number of hydrogen-bond acceptors (Lipinski definition) is 3. The summed E-state index contributed by atoms with van der Waals surface area (Å²) in [6.45, 7) is 10.2. The van der Waals surface area contributed by atoms with Crippen LogP contribution in [0.4, 0.5) is 0 Å². The van der Waals surface area contributed by atoms with Crippen LogP contribution in [0.2, 0.25) is 0 Å². The maximum Gasteiger partial charge on any atom is 0.270 e. The quantitative estimate of drug-likeness (QED) is 0.751. The van der Waals surface area contributed by atoms with Crippen molar-refractivity contribution in [1.82, 2.24) is 14.9 Å². The van der Waals surface area contributed by atoms with Gasteiger partial charge in [-0.1, -0.05) is 11.6 Å². The van der Waals surface area contributed by atoms with E-state index in [2.05, 4.69) is 35.9 Å². The lowest BCUT2D eigenvalue weighted by atomic mass is 10.1. The average Bonchev–Trinajstić information content (AvgIpc) is 3.05. The molecular formula is C19H23N3OS. The van der Waals surface area contributed by atoms with E-state index >= 15 is 0 Å². The highest BCUT2D eigenvalue weighted by Crippen LogP contribution is 2.29. The Hall–Kier alpha value is -2.14. The monoisotopic (exact) mass is 341 g/mol. The number of carbonyl (C=O) groups is 1. The largest absolute Gasteiger partial charge is 0.350 e. The van der Waals surface area contributed by atoms with Crippen molar-refractivity contribution in [3.63, 3.8) is 0 Å². The van der Waals surface area contributed by atoms with Crippen LogP contribution in [0.15, 0.2) is 18.2 Å². The fourth-order valence-electron chi connectivity index (χ4n) is 3.12. The van der Waals surface area contributed by atoms with E-state index in [1.807, 2.05) is 33.9 Å². The fraction of sp³-hybridized carbons (Fsp3) is 0.368. The number of aromatic amines is 1. The maximum absolute atomic E-state index is 13.0. The summed E-state index contributed by atoms with van der Waals surface area (Å²) >= 11 is 1.67. The third-order valence-corrected chi connectivity index (χ3v) is 5.57. The standard InChI is InChI=1S/C19H23N3OS/c1-10-7-8-16-15(9-10)11(2)17(21-16)19(23)22(6)12(3)18-13(4)24-14(5)20-18/h7-9,12,21H,1-6H3/t12-/m0/s1. The van der Waals surface area contributed by atoms with Crippen LogP contribution in [0.1, 0.15) is 50.2 Å². The second kappa shape index (κ2) is 6.06. The Morgan fingerprint density at radius 2 is 1.96 bits per heavy atom. The molecule has 24 heavy (non-hydrogen) atoms. The number of nitrogens with zero attached hydrogens (tertiary/aromatic N) is 2. The van der Waals surface area contributed by atoms with Crippen LogP contribution in [0.5, 0.6) is 0 Å². The van der Waals surface area contributed by atoms with Gasteiger partial charge in [0.2, 0.25) is 0 Å². The summed E-state index contributed by atoms with van der Waals surface area (Å²) in [6, 6.07) is 6.15. The molecule has 0 saturated heterocycles. The molecule has 3 rings (SSSR count). The number of rotatable bonds is 3. The van der Waals surface area contributed by atoms with E-state index in [1.165, 1.54) is 10.4 Å². The highest BCUT2D eigenvalue weighted by atomic mass is 32.1. The Bertz CT molecular complexity index is 922. The smallest absolute Gasteiger partial charge is 0.270 e. The van der Waals surface area contributed by atoms with Crippen molar-refractivity contribution in [2.45, 2.75) is 40.7 Å². The van der Waals surface area contributed by atoms with Crippen molar-refractivity contribution in [1.29, 1.82) is 0 Å². The summed E-state index contributed by atoms with van der Waals surface area (Å²) in [7, 11) is 1.84. The number of aromatic nitrogens is 2. The fourth-order valence-corrected chi connectivity index (χ4v) is 4.03. The first-order chi connectivity index (χ1) is 11.3. The SMILES string of the molecule is Cc1ccc2[nH]c(C(=O)N(C)[C@@H](C)c3nc(C)sc3C)c(C)c2c1. The zero-order valence-corrected chi connectivity index (χ0v) is 15.8. The molecule has 3 aromatic rings. The third-order valence-electron chi connectivity index (χ3n) is 4.66. The van der Waals surface area contributed by atoms with Gasteiger partial charge in [0.15, 0.2) is 0 Å². The minimum atomic E-state index is -0.0602. The number of amides is 1. The number of nitrogens with one attached hydrogen (secondary N) is 1. The van der Waals surface area contributed by atoms with E-state index in [0.29, 0.717) is 5.69 Å². The second-order valence-electron chi connectivity index (χ2n) is 6.44.